The number of carbonyl (C=O) groups excluding carboxylic acids is 3. The van der Waals surface area contributed by atoms with Crippen molar-refractivity contribution in [3.63, 3.8) is 0 Å². The van der Waals surface area contributed by atoms with Gasteiger partial charge in [-0.15, -0.1) is 0 Å². The minimum absolute atomic E-state index is 0.162. The number of esters is 1. The van der Waals surface area contributed by atoms with Crippen LogP contribution < -0.4 is 10.6 Å². The summed E-state index contributed by atoms with van der Waals surface area (Å²) in [6, 6.07) is 13.7. The molecule has 2 aromatic carbocycles. The molecule has 0 heterocycles. The van der Waals surface area contributed by atoms with Gasteiger partial charge in [0.2, 0.25) is 5.91 Å². The minimum Gasteiger partial charge on any atom is -0.452 e. The molecule has 0 atom stereocenters. The van der Waals surface area contributed by atoms with Gasteiger partial charge in [0.1, 0.15) is 0 Å². The van der Waals surface area contributed by atoms with E-state index in [-0.39, 0.29) is 11.5 Å². The standard InChI is InChI=1S/C21H24N2O4/c1-14-8-10-16(11-9-14)22-18(24)13-27-19(25)15-6-5-7-17(12-15)23-20(26)21(2,3)4/h5-12H,13H2,1-4H3,(H,22,24)(H,23,26). The molecule has 2 N–H and O–H groups in total. The average Bonchev–Trinajstić information content (AvgIpc) is 2.61. The molecule has 0 spiro atoms. The zero-order valence-corrected chi connectivity index (χ0v) is 16.0. The van der Waals surface area contributed by atoms with Crippen LogP contribution in [0.5, 0.6) is 0 Å². The van der Waals surface area contributed by atoms with Crippen LogP contribution in [0.2, 0.25) is 0 Å². The lowest BCUT2D eigenvalue weighted by Gasteiger charge is -2.17. The smallest absolute Gasteiger partial charge is 0.338 e. The summed E-state index contributed by atoms with van der Waals surface area (Å²) in [4.78, 5) is 36.1. The van der Waals surface area contributed by atoms with Gasteiger partial charge < -0.3 is 15.4 Å². The van der Waals surface area contributed by atoms with Crippen LogP contribution in [0.1, 0.15) is 36.7 Å². The Morgan fingerprint density at radius 3 is 2.22 bits per heavy atom. The summed E-state index contributed by atoms with van der Waals surface area (Å²) in [5.41, 5.74) is 1.91. The second kappa shape index (κ2) is 8.49. The Kier molecular flexibility index (Phi) is 6.34. The first-order chi connectivity index (χ1) is 12.6. The molecule has 142 valence electrons. The normalized spacial score (nSPS) is 10.8. The Balaban J connectivity index is 1.92. The zero-order valence-electron chi connectivity index (χ0n) is 16.0. The van der Waals surface area contributed by atoms with Crippen molar-refractivity contribution in [3.8, 4) is 0 Å². The molecule has 6 heteroatoms. The molecule has 0 bridgehead atoms. The topological polar surface area (TPSA) is 84.5 Å². The second-order valence-electron chi connectivity index (χ2n) is 7.28. The highest BCUT2D eigenvalue weighted by molar-refractivity contribution is 5.98. The molecule has 2 amide bonds. The van der Waals surface area contributed by atoms with Crippen LogP contribution in [-0.4, -0.2) is 24.4 Å². The average molecular weight is 368 g/mol. The van der Waals surface area contributed by atoms with Gasteiger partial charge in [-0.05, 0) is 37.3 Å². The maximum absolute atomic E-state index is 12.2. The number of benzene rings is 2. The molecule has 0 aliphatic rings. The number of ether oxygens (including phenoxy) is 1. The van der Waals surface area contributed by atoms with Crippen LogP contribution in [0.25, 0.3) is 0 Å². The van der Waals surface area contributed by atoms with Crippen molar-refractivity contribution in [2.24, 2.45) is 5.41 Å². The summed E-state index contributed by atoms with van der Waals surface area (Å²) in [5, 5.41) is 5.41. The highest BCUT2D eigenvalue weighted by atomic mass is 16.5. The van der Waals surface area contributed by atoms with E-state index in [0.29, 0.717) is 11.4 Å². The van der Waals surface area contributed by atoms with E-state index in [4.69, 9.17) is 4.74 Å². The quantitative estimate of drug-likeness (QED) is 0.787. The molecule has 6 nitrogen and oxygen atoms in total. The van der Waals surface area contributed by atoms with E-state index in [2.05, 4.69) is 10.6 Å². The predicted molar refractivity (Wildman–Crippen MR) is 105 cm³/mol. The maximum Gasteiger partial charge on any atom is 0.338 e. The Hall–Kier alpha value is -3.15. The van der Waals surface area contributed by atoms with Gasteiger partial charge in [0.25, 0.3) is 5.91 Å². The van der Waals surface area contributed by atoms with Gasteiger partial charge in [0.05, 0.1) is 5.56 Å². The summed E-state index contributed by atoms with van der Waals surface area (Å²) in [7, 11) is 0. The Morgan fingerprint density at radius 1 is 0.926 bits per heavy atom. The lowest BCUT2D eigenvalue weighted by molar-refractivity contribution is -0.123. The van der Waals surface area contributed by atoms with Gasteiger partial charge in [0.15, 0.2) is 6.61 Å². The Bertz CT molecular complexity index is 836. The van der Waals surface area contributed by atoms with Crippen molar-refractivity contribution in [2.45, 2.75) is 27.7 Å². The SMILES string of the molecule is Cc1ccc(NC(=O)COC(=O)c2cccc(NC(=O)C(C)(C)C)c2)cc1. The van der Waals surface area contributed by atoms with Crippen LogP contribution in [-0.2, 0) is 14.3 Å². The largest absolute Gasteiger partial charge is 0.452 e. The summed E-state index contributed by atoms with van der Waals surface area (Å²) in [6.07, 6.45) is 0. The molecular formula is C21H24N2O4. The lowest BCUT2D eigenvalue weighted by Crippen LogP contribution is -2.27. The van der Waals surface area contributed by atoms with E-state index >= 15 is 0 Å². The lowest BCUT2D eigenvalue weighted by atomic mass is 9.95. The highest BCUT2D eigenvalue weighted by Gasteiger charge is 2.21. The van der Waals surface area contributed by atoms with Crippen LogP contribution in [0.4, 0.5) is 11.4 Å². The third-order valence-corrected chi connectivity index (χ3v) is 3.71. The van der Waals surface area contributed by atoms with Crippen molar-refractivity contribution < 1.29 is 19.1 Å². The molecule has 0 aliphatic heterocycles. The first kappa shape index (κ1) is 20.2. The van der Waals surface area contributed by atoms with Crippen LogP contribution in [0.3, 0.4) is 0 Å². The molecule has 0 saturated heterocycles. The number of hydrogen-bond donors (Lipinski definition) is 2. The fourth-order valence-corrected chi connectivity index (χ4v) is 2.09. The number of nitrogens with one attached hydrogen (secondary N) is 2. The summed E-state index contributed by atoms with van der Waals surface area (Å²) < 4.78 is 5.05. The Labute approximate surface area is 158 Å². The summed E-state index contributed by atoms with van der Waals surface area (Å²) in [5.74, 6) is -1.23. The molecule has 0 aromatic heterocycles. The molecule has 0 unspecified atom stereocenters. The van der Waals surface area contributed by atoms with Crippen LogP contribution in [0, 0.1) is 12.3 Å². The molecule has 0 aliphatic carbocycles. The molecule has 0 radical (unpaired) electrons. The van der Waals surface area contributed by atoms with Crippen molar-refractivity contribution in [2.75, 3.05) is 17.2 Å². The summed E-state index contributed by atoms with van der Waals surface area (Å²) in [6.45, 7) is 6.95. The summed E-state index contributed by atoms with van der Waals surface area (Å²) >= 11 is 0. The number of anilines is 2. The number of carbonyl (C=O) groups is 3. The fourth-order valence-electron chi connectivity index (χ4n) is 2.09. The van der Waals surface area contributed by atoms with Gasteiger partial charge >= 0.3 is 5.97 Å². The van der Waals surface area contributed by atoms with E-state index in [1.54, 1.807) is 51.1 Å². The zero-order chi connectivity index (χ0) is 20.0. The van der Waals surface area contributed by atoms with E-state index in [9.17, 15) is 14.4 Å². The van der Waals surface area contributed by atoms with E-state index < -0.39 is 23.9 Å². The fraction of sp³-hybridized carbons (Fsp3) is 0.286. The first-order valence-electron chi connectivity index (χ1n) is 8.60. The molecule has 2 rings (SSSR count). The van der Waals surface area contributed by atoms with E-state index in [1.807, 2.05) is 19.1 Å². The van der Waals surface area contributed by atoms with Crippen LogP contribution in [0.15, 0.2) is 48.5 Å². The monoisotopic (exact) mass is 368 g/mol. The van der Waals surface area contributed by atoms with Crippen molar-refractivity contribution in [3.05, 3.63) is 59.7 Å². The number of amides is 2. The molecular weight excluding hydrogens is 344 g/mol. The van der Waals surface area contributed by atoms with Gasteiger partial charge in [-0.1, -0.05) is 44.5 Å². The van der Waals surface area contributed by atoms with E-state index in [0.717, 1.165) is 5.56 Å². The molecule has 0 fully saturated rings. The number of aryl methyl sites for hydroxylation is 1. The Morgan fingerprint density at radius 2 is 1.59 bits per heavy atom. The van der Waals surface area contributed by atoms with Gasteiger partial charge in [-0.25, -0.2) is 4.79 Å². The molecule has 27 heavy (non-hydrogen) atoms. The van der Waals surface area contributed by atoms with Gasteiger partial charge in [0, 0.05) is 16.8 Å². The first-order valence-corrected chi connectivity index (χ1v) is 8.60. The van der Waals surface area contributed by atoms with Gasteiger partial charge in [-0.2, -0.15) is 0 Å². The number of rotatable bonds is 5. The van der Waals surface area contributed by atoms with Crippen molar-refractivity contribution >= 4 is 29.2 Å². The van der Waals surface area contributed by atoms with Crippen LogP contribution >= 0.6 is 0 Å². The predicted octanol–water partition coefficient (Wildman–Crippen LogP) is 3.78. The highest BCUT2D eigenvalue weighted by Crippen LogP contribution is 2.18. The number of hydrogen-bond acceptors (Lipinski definition) is 4. The van der Waals surface area contributed by atoms with E-state index in [1.165, 1.54) is 6.07 Å². The van der Waals surface area contributed by atoms with Crippen molar-refractivity contribution in [1.29, 1.82) is 0 Å². The molecule has 2 aromatic rings. The van der Waals surface area contributed by atoms with Crippen molar-refractivity contribution in [1.82, 2.24) is 0 Å². The minimum atomic E-state index is -0.638. The third kappa shape index (κ3) is 6.26. The molecule has 0 saturated carbocycles. The maximum atomic E-state index is 12.2. The van der Waals surface area contributed by atoms with Gasteiger partial charge in [-0.3, -0.25) is 9.59 Å². The second-order valence-corrected chi connectivity index (χ2v) is 7.28. The third-order valence-electron chi connectivity index (χ3n) is 3.71.